The summed E-state index contributed by atoms with van der Waals surface area (Å²) in [6.07, 6.45) is 1.59. The second-order valence-electron chi connectivity index (χ2n) is 7.40. The molecule has 0 radical (unpaired) electrons. The van der Waals surface area contributed by atoms with Gasteiger partial charge in [0.1, 0.15) is 0 Å². The maximum atomic E-state index is 13.0. The first-order chi connectivity index (χ1) is 16.2. The molecule has 33 heavy (non-hydrogen) atoms. The molecule has 0 unspecified atom stereocenters. The normalized spacial score (nSPS) is 10.9. The zero-order valence-corrected chi connectivity index (χ0v) is 17.5. The number of oxazole rings is 1. The van der Waals surface area contributed by atoms with E-state index < -0.39 is 5.97 Å². The van der Waals surface area contributed by atoms with Crippen LogP contribution in [0.4, 0.5) is 0 Å². The third-order valence-corrected chi connectivity index (χ3v) is 5.17. The first kappa shape index (κ1) is 20.4. The topological polar surface area (TPSA) is 87.2 Å². The summed E-state index contributed by atoms with van der Waals surface area (Å²) < 4.78 is 12.4. The molecule has 2 heterocycles. The Bertz CT molecular complexity index is 1470. The molecule has 0 bridgehead atoms. The highest BCUT2D eigenvalue weighted by molar-refractivity contribution is 6.02. The van der Waals surface area contributed by atoms with Crippen molar-refractivity contribution in [3.8, 4) is 11.3 Å². The van der Waals surface area contributed by atoms with Gasteiger partial charge in [0.05, 0.1) is 18.1 Å². The molecule has 5 aromatic rings. The minimum absolute atomic E-state index is 0.0657. The van der Waals surface area contributed by atoms with Gasteiger partial charge in [-0.1, -0.05) is 78.9 Å². The van der Waals surface area contributed by atoms with Crippen LogP contribution in [-0.4, -0.2) is 20.7 Å². The van der Waals surface area contributed by atoms with E-state index in [4.69, 9.17) is 9.15 Å². The Balaban J connectivity index is 1.42. The van der Waals surface area contributed by atoms with E-state index in [2.05, 4.69) is 10.1 Å². The maximum absolute atomic E-state index is 13.0. The van der Waals surface area contributed by atoms with E-state index in [1.807, 2.05) is 60.7 Å². The second-order valence-corrected chi connectivity index (χ2v) is 7.40. The number of fused-ring (bicyclic) bond motifs is 1. The largest absolute Gasteiger partial charge is 0.451 e. The van der Waals surface area contributed by atoms with Crippen LogP contribution in [0.1, 0.15) is 21.9 Å². The molecule has 7 heteroatoms. The number of carbonyl (C=O) groups is 1. The minimum atomic E-state index is -0.660. The summed E-state index contributed by atoms with van der Waals surface area (Å²) in [5.74, 6) is 0.193. The molecule has 0 atom stereocenters. The van der Waals surface area contributed by atoms with Crippen LogP contribution in [0, 0.1) is 0 Å². The molecule has 5 rings (SSSR count). The van der Waals surface area contributed by atoms with E-state index in [0.29, 0.717) is 16.5 Å². The van der Waals surface area contributed by atoms with Crippen molar-refractivity contribution < 1.29 is 13.9 Å². The van der Waals surface area contributed by atoms with Crippen LogP contribution in [0.15, 0.2) is 100 Å². The lowest BCUT2D eigenvalue weighted by Crippen LogP contribution is -2.27. The highest BCUT2D eigenvalue weighted by atomic mass is 16.5. The number of carbonyl (C=O) groups excluding carboxylic acids is 1. The third-order valence-electron chi connectivity index (χ3n) is 5.17. The molecule has 0 saturated carbocycles. The third kappa shape index (κ3) is 4.29. The molecule has 0 N–H and O–H groups in total. The van der Waals surface area contributed by atoms with Crippen molar-refractivity contribution in [2.45, 2.75) is 13.2 Å². The van der Waals surface area contributed by atoms with Crippen LogP contribution in [0.3, 0.4) is 0 Å². The van der Waals surface area contributed by atoms with Crippen LogP contribution in [0.2, 0.25) is 0 Å². The molecular formula is C26H19N3O4. The number of hydrogen-bond donors (Lipinski definition) is 0. The Morgan fingerprint density at radius 3 is 2.30 bits per heavy atom. The smallest absolute Gasteiger partial charge is 0.359 e. The molecule has 0 aliphatic rings. The molecule has 0 aliphatic carbocycles. The predicted octanol–water partition coefficient (Wildman–Crippen LogP) is 4.46. The van der Waals surface area contributed by atoms with Gasteiger partial charge < -0.3 is 9.15 Å². The van der Waals surface area contributed by atoms with E-state index in [-0.39, 0.29) is 30.3 Å². The Hall–Kier alpha value is -4.52. The number of benzene rings is 3. The monoisotopic (exact) mass is 437 g/mol. The first-order valence-corrected chi connectivity index (χ1v) is 10.4. The summed E-state index contributed by atoms with van der Waals surface area (Å²) >= 11 is 0. The van der Waals surface area contributed by atoms with Gasteiger partial charge in [0.2, 0.25) is 5.89 Å². The zero-order chi connectivity index (χ0) is 22.6. The van der Waals surface area contributed by atoms with Gasteiger partial charge in [0.25, 0.3) is 5.56 Å². The highest BCUT2D eigenvalue weighted by Crippen LogP contribution is 2.21. The summed E-state index contributed by atoms with van der Waals surface area (Å²) in [6.45, 7) is 0.0877. The van der Waals surface area contributed by atoms with Crippen LogP contribution in [0.5, 0.6) is 0 Å². The van der Waals surface area contributed by atoms with Crippen LogP contribution < -0.4 is 5.56 Å². The van der Waals surface area contributed by atoms with Crippen molar-refractivity contribution in [2.75, 3.05) is 0 Å². The second kappa shape index (κ2) is 8.92. The van der Waals surface area contributed by atoms with Gasteiger partial charge in [-0.15, -0.1) is 0 Å². The van der Waals surface area contributed by atoms with Crippen molar-refractivity contribution in [3.05, 3.63) is 119 Å². The maximum Gasteiger partial charge on any atom is 0.359 e. The SMILES string of the molecule is O=C(OCc1ncc(-c2ccccc2)o1)c1nn(Cc2ccccc2)c(=O)c2ccccc12. The molecular weight excluding hydrogens is 418 g/mol. The molecule has 0 aliphatic heterocycles. The van der Waals surface area contributed by atoms with Crippen LogP contribution >= 0.6 is 0 Å². The molecule has 3 aromatic carbocycles. The fourth-order valence-corrected chi connectivity index (χ4v) is 3.56. The van der Waals surface area contributed by atoms with Gasteiger partial charge in [0.15, 0.2) is 18.1 Å². The Kier molecular flexibility index (Phi) is 5.51. The number of aromatic nitrogens is 3. The van der Waals surface area contributed by atoms with Gasteiger partial charge in [-0.3, -0.25) is 4.79 Å². The van der Waals surface area contributed by atoms with Crippen molar-refractivity contribution in [3.63, 3.8) is 0 Å². The first-order valence-electron chi connectivity index (χ1n) is 10.4. The minimum Gasteiger partial charge on any atom is -0.451 e. The van der Waals surface area contributed by atoms with E-state index in [1.54, 1.807) is 30.5 Å². The Morgan fingerprint density at radius 1 is 0.879 bits per heavy atom. The molecule has 2 aromatic heterocycles. The van der Waals surface area contributed by atoms with Gasteiger partial charge in [-0.05, 0) is 11.6 Å². The molecule has 162 valence electrons. The predicted molar refractivity (Wildman–Crippen MR) is 123 cm³/mol. The van der Waals surface area contributed by atoms with E-state index in [9.17, 15) is 9.59 Å². The summed E-state index contributed by atoms with van der Waals surface area (Å²) in [5, 5.41) is 5.18. The van der Waals surface area contributed by atoms with Gasteiger partial charge >= 0.3 is 5.97 Å². The summed E-state index contributed by atoms with van der Waals surface area (Å²) in [4.78, 5) is 30.1. The lowest BCUT2D eigenvalue weighted by atomic mass is 10.1. The number of hydrogen-bond acceptors (Lipinski definition) is 6. The fourth-order valence-electron chi connectivity index (χ4n) is 3.56. The number of nitrogens with zero attached hydrogens (tertiary/aromatic N) is 3. The number of esters is 1. The lowest BCUT2D eigenvalue weighted by molar-refractivity contribution is 0.0431. The van der Waals surface area contributed by atoms with Gasteiger partial charge in [-0.2, -0.15) is 5.10 Å². The standard InChI is InChI=1S/C26H19N3O4/c30-25-21-14-8-7-13-20(21)24(28-29(25)16-18-9-3-1-4-10-18)26(31)32-17-23-27-15-22(33-23)19-11-5-2-6-12-19/h1-15H,16-17H2. The molecule has 0 fully saturated rings. The lowest BCUT2D eigenvalue weighted by Gasteiger charge is -2.10. The average Bonchev–Trinajstić information content (AvgIpc) is 3.35. The molecule has 7 nitrogen and oxygen atoms in total. The quantitative estimate of drug-likeness (QED) is 0.365. The van der Waals surface area contributed by atoms with E-state index in [1.165, 1.54) is 4.68 Å². The van der Waals surface area contributed by atoms with Crippen molar-refractivity contribution in [2.24, 2.45) is 0 Å². The number of ether oxygens (including phenoxy) is 1. The molecule has 0 amide bonds. The van der Waals surface area contributed by atoms with Crippen LogP contribution in [0.25, 0.3) is 22.1 Å². The summed E-state index contributed by atoms with van der Waals surface area (Å²) in [5.41, 5.74) is 1.57. The average molecular weight is 437 g/mol. The van der Waals surface area contributed by atoms with Crippen molar-refractivity contribution >= 4 is 16.7 Å². The Labute approximate surface area is 188 Å². The van der Waals surface area contributed by atoms with Gasteiger partial charge in [-0.25, -0.2) is 14.5 Å². The summed E-state index contributed by atoms with van der Waals surface area (Å²) in [6, 6.07) is 25.9. The van der Waals surface area contributed by atoms with Crippen molar-refractivity contribution in [1.29, 1.82) is 0 Å². The van der Waals surface area contributed by atoms with Gasteiger partial charge in [0, 0.05) is 10.9 Å². The van der Waals surface area contributed by atoms with E-state index >= 15 is 0 Å². The fraction of sp³-hybridized carbons (Fsp3) is 0.0769. The molecule has 0 spiro atoms. The summed E-state index contributed by atoms with van der Waals surface area (Å²) in [7, 11) is 0. The Morgan fingerprint density at radius 2 is 1.55 bits per heavy atom. The zero-order valence-electron chi connectivity index (χ0n) is 17.5. The highest BCUT2D eigenvalue weighted by Gasteiger charge is 2.19. The van der Waals surface area contributed by atoms with E-state index in [0.717, 1.165) is 11.1 Å². The van der Waals surface area contributed by atoms with Crippen molar-refractivity contribution in [1.82, 2.24) is 14.8 Å². The molecule has 0 saturated heterocycles. The van der Waals surface area contributed by atoms with Crippen LogP contribution in [-0.2, 0) is 17.9 Å². The number of rotatable bonds is 6.